The van der Waals surface area contributed by atoms with Crippen LogP contribution in [0.1, 0.15) is 24.3 Å². The first-order chi connectivity index (χ1) is 11.7. The van der Waals surface area contributed by atoms with Gasteiger partial charge in [0.25, 0.3) is 0 Å². The number of pyridine rings is 1. The van der Waals surface area contributed by atoms with E-state index in [2.05, 4.69) is 26.9 Å². The molecule has 4 aliphatic rings. The van der Waals surface area contributed by atoms with Gasteiger partial charge in [-0.1, -0.05) is 0 Å². The highest BCUT2D eigenvalue weighted by Crippen LogP contribution is 2.41. The third-order valence-electron chi connectivity index (χ3n) is 6.18. The minimum atomic E-state index is 0.405. The Balaban J connectivity index is 1.26. The van der Waals surface area contributed by atoms with Gasteiger partial charge in [-0.25, -0.2) is 4.98 Å². The van der Waals surface area contributed by atoms with Crippen molar-refractivity contribution in [2.45, 2.75) is 24.8 Å². The smallest absolute Gasteiger partial charge is 0.131 e. The van der Waals surface area contributed by atoms with E-state index in [1.807, 2.05) is 0 Å². The molecule has 5 rings (SSSR count). The van der Waals surface area contributed by atoms with Crippen molar-refractivity contribution in [3.63, 3.8) is 0 Å². The highest BCUT2D eigenvalue weighted by molar-refractivity contribution is 5.52. The van der Waals surface area contributed by atoms with E-state index in [1.165, 1.54) is 31.5 Å². The number of nitrogen functional groups attached to an aromatic ring is 1. The Morgan fingerprint density at radius 3 is 2.42 bits per heavy atom. The van der Waals surface area contributed by atoms with Gasteiger partial charge in [0.1, 0.15) is 11.6 Å². The van der Waals surface area contributed by atoms with Gasteiger partial charge in [-0.05, 0) is 49.5 Å². The molecule has 0 saturated carbocycles. The van der Waals surface area contributed by atoms with Crippen LogP contribution < -0.4 is 10.6 Å². The Bertz CT molecular complexity index is 613. The third-order valence-corrected chi connectivity index (χ3v) is 6.18. The molecule has 0 aromatic carbocycles. The van der Waals surface area contributed by atoms with Gasteiger partial charge >= 0.3 is 0 Å². The van der Waals surface area contributed by atoms with Crippen molar-refractivity contribution in [3.05, 3.63) is 17.7 Å². The van der Waals surface area contributed by atoms with Gasteiger partial charge in [0.2, 0.25) is 0 Å². The number of aromatic nitrogens is 1. The number of ether oxygens (including phenoxy) is 2. The summed E-state index contributed by atoms with van der Waals surface area (Å²) in [6, 6.07) is 5.01. The van der Waals surface area contributed by atoms with Crippen molar-refractivity contribution in [2.24, 2.45) is 5.41 Å². The van der Waals surface area contributed by atoms with Crippen molar-refractivity contribution in [3.8, 4) is 0 Å². The normalized spacial score (nSPS) is 27.6. The number of nitrogens with zero attached hydrogens (tertiary/aromatic N) is 3. The molecule has 0 amide bonds. The van der Waals surface area contributed by atoms with Gasteiger partial charge < -0.3 is 20.1 Å². The van der Waals surface area contributed by atoms with E-state index in [-0.39, 0.29) is 0 Å². The minimum Gasteiger partial charge on any atom is -0.384 e. The summed E-state index contributed by atoms with van der Waals surface area (Å²) in [7, 11) is 0. The van der Waals surface area contributed by atoms with Gasteiger partial charge in [0.05, 0.1) is 37.9 Å². The standard InChI is InChI=1S/C18H26N4O2/c19-16-5-14(13-1-3-21(4-2-13)15-7-23-8-15)6-17(20-16)22-9-18(10-22)11-24-12-18/h5-6,13,15H,1-4,7-12H2,(H2,19,20). The molecule has 0 atom stereocenters. The van der Waals surface area contributed by atoms with E-state index >= 15 is 0 Å². The molecule has 2 N–H and O–H groups in total. The van der Waals surface area contributed by atoms with Crippen LogP contribution in [0.3, 0.4) is 0 Å². The summed E-state index contributed by atoms with van der Waals surface area (Å²) >= 11 is 0. The Kier molecular flexibility index (Phi) is 3.47. The Labute approximate surface area is 142 Å². The maximum atomic E-state index is 6.11. The molecule has 4 aliphatic heterocycles. The van der Waals surface area contributed by atoms with Crippen molar-refractivity contribution in [1.29, 1.82) is 0 Å². The van der Waals surface area contributed by atoms with E-state index in [0.29, 0.717) is 23.2 Å². The second-order valence-electron chi connectivity index (χ2n) is 8.03. The van der Waals surface area contributed by atoms with Crippen molar-refractivity contribution in [1.82, 2.24) is 9.88 Å². The summed E-state index contributed by atoms with van der Waals surface area (Å²) in [5, 5.41) is 0. The molecule has 0 bridgehead atoms. The van der Waals surface area contributed by atoms with E-state index in [0.717, 1.165) is 45.3 Å². The summed E-state index contributed by atoms with van der Waals surface area (Å²) in [6.07, 6.45) is 2.41. The first-order valence-corrected chi connectivity index (χ1v) is 9.13. The van der Waals surface area contributed by atoms with Gasteiger partial charge in [0, 0.05) is 13.1 Å². The number of hydrogen-bond acceptors (Lipinski definition) is 6. The lowest BCUT2D eigenvalue weighted by Crippen LogP contribution is -2.66. The van der Waals surface area contributed by atoms with Crippen LogP contribution in [-0.4, -0.2) is 68.5 Å². The molecule has 6 heteroatoms. The van der Waals surface area contributed by atoms with E-state index in [1.54, 1.807) is 0 Å². The number of nitrogens with two attached hydrogens (primary N) is 1. The highest BCUT2D eigenvalue weighted by Gasteiger charge is 2.49. The van der Waals surface area contributed by atoms with E-state index in [9.17, 15) is 0 Å². The van der Waals surface area contributed by atoms with Gasteiger partial charge in [-0.2, -0.15) is 0 Å². The van der Waals surface area contributed by atoms with Crippen LogP contribution in [-0.2, 0) is 9.47 Å². The summed E-state index contributed by atoms with van der Waals surface area (Å²) in [4.78, 5) is 9.51. The Morgan fingerprint density at radius 1 is 1.08 bits per heavy atom. The lowest BCUT2D eigenvalue weighted by molar-refractivity contribution is -0.127. The quantitative estimate of drug-likeness (QED) is 0.895. The summed E-state index contributed by atoms with van der Waals surface area (Å²) < 4.78 is 10.7. The van der Waals surface area contributed by atoms with Crippen molar-refractivity contribution < 1.29 is 9.47 Å². The lowest BCUT2D eigenvalue weighted by Gasteiger charge is -2.55. The van der Waals surface area contributed by atoms with Crippen LogP contribution in [0.15, 0.2) is 12.1 Å². The zero-order valence-corrected chi connectivity index (χ0v) is 14.1. The van der Waals surface area contributed by atoms with E-state index in [4.69, 9.17) is 15.2 Å². The average molecular weight is 330 g/mol. The fourth-order valence-electron chi connectivity index (χ4n) is 4.49. The highest BCUT2D eigenvalue weighted by atomic mass is 16.5. The molecule has 0 radical (unpaired) electrons. The topological polar surface area (TPSA) is 63.8 Å². The summed E-state index contributed by atoms with van der Waals surface area (Å²) in [6.45, 7) is 8.09. The number of rotatable bonds is 3. The lowest BCUT2D eigenvalue weighted by atomic mass is 9.78. The first kappa shape index (κ1) is 14.9. The Hall–Kier alpha value is -1.37. The molecule has 4 fully saturated rings. The van der Waals surface area contributed by atoms with Crippen molar-refractivity contribution in [2.75, 3.05) is 63.2 Å². The molecular formula is C18H26N4O2. The van der Waals surface area contributed by atoms with E-state index < -0.39 is 0 Å². The largest absolute Gasteiger partial charge is 0.384 e. The fraction of sp³-hybridized carbons (Fsp3) is 0.722. The van der Waals surface area contributed by atoms with Gasteiger partial charge in [0.15, 0.2) is 0 Å². The molecule has 5 heterocycles. The molecule has 1 spiro atoms. The van der Waals surface area contributed by atoms with Crippen LogP contribution in [0.2, 0.25) is 0 Å². The molecule has 1 aromatic rings. The molecule has 1 aromatic heterocycles. The van der Waals surface area contributed by atoms with Crippen LogP contribution >= 0.6 is 0 Å². The monoisotopic (exact) mass is 330 g/mol. The fourth-order valence-corrected chi connectivity index (χ4v) is 4.49. The predicted molar refractivity (Wildman–Crippen MR) is 92.3 cm³/mol. The zero-order chi connectivity index (χ0) is 16.1. The molecule has 24 heavy (non-hydrogen) atoms. The SMILES string of the molecule is Nc1cc(C2CCN(C3COC3)CC2)cc(N2CC3(COC3)C2)n1. The molecule has 0 aliphatic carbocycles. The van der Waals surface area contributed by atoms with Crippen LogP contribution in [0.4, 0.5) is 11.6 Å². The molecule has 6 nitrogen and oxygen atoms in total. The number of hydrogen-bond donors (Lipinski definition) is 1. The van der Waals surface area contributed by atoms with Crippen LogP contribution in [0, 0.1) is 5.41 Å². The first-order valence-electron chi connectivity index (χ1n) is 9.13. The summed E-state index contributed by atoms with van der Waals surface area (Å²) in [5.41, 5.74) is 7.89. The summed E-state index contributed by atoms with van der Waals surface area (Å²) in [5.74, 6) is 2.31. The molecule has 0 unspecified atom stereocenters. The number of anilines is 2. The maximum absolute atomic E-state index is 6.11. The van der Waals surface area contributed by atoms with Crippen LogP contribution in [0.5, 0.6) is 0 Å². The maximum Gasteiger partial charge on any atom is 0.131 e. The molecular weight excluding hydrogens is 304 g/mol. The van der Waals surface area contributed by atoms with Gasteiger partial charge in [-0.3, -0.25) is 4.90 Å². The third kappa shape index (κ3) is 2.48. The average Bonchev–Trinajstić information content (AvgIpc) is 2.43. The van der Waals surface area contributed by atoms with Gasteiger partial charge in [-0.15, -0.1) is 0 Å². The Morgan fingerprint density at radius 2 is 1.83 bits per heavy atom. The van der Waals surface area contributed by atoms with Crippen molar-refractivity contribution >= 4 is 11.6 Å². The predicted octanol–water partition coefficient (Wildman–Crippen LogP) is 1.08. The van der Waals surface area contributed by atoms with Crippen LogP contribution in [0.25, 0.3) is 0 Å². The second-order valence-corrected chi connectivity index (χ2v) is 8.03. The minimum absolute atomic E-state index is 0.405. The zero-order valence-electron chi connectivity index (χ0n) is 14.1. The molecule has 130 valence electrons. The molecule has 4 saturated heterocycles. The number of piperidine rings is 1. The second kappa shape index (κ2) is 5.58. The number of likely N-dealkylation sites (tertiary alicyclic amines) is 1.